The van der Waals surface area contributed by atoms with E-state index in [0.717, 1.165) is 0 Å². The minimum absolute atomic E-state index is 0.0900. The fourth-order valence-corrected chi connectivity index (χ4v) is 5.97. The van der Waals surface area contributed by atoms with Crippen molar-refractivity contribution in [2.45, 2.75) is 45.8 Å². The molecular formula is C33H35ClN10O7S. The molecule has 0 aliphatic carbocycles. The van der Waals surface area contributed by atoms with Crippen molar-refractivity contribution in [3.63, 3.8) is 0 Å². The first kappa shape index (κ1) is 37.4. The molecule has 0 saturated carbocycles. The highest BCUT2D eigenvalue weighted by atomic mass is 35.5. The Kier molecular flexibility index (Phi) is 11.2. The quantitative estimate of drug-likeness (QED) is 0.0805. The molecule has 5 aromatic rings. The van der Waals surface area contributed by atoms with Gasteiger partial charge < -0.3 is 25.7 Å². The first-order chi connectivity index (χ1) is 24.6. The zero-order chi connectivity index (χ0) is 37.6. The number of amides is 3. The van der Waals surface area contributed by atoms with Crippen molar-refractivity contribution >= 4 is 73.5 Å². The lowest BCUT2D eigenvalue weighted by Gasteiger charge is -2.19. The van der Waals surface area contributed by atoms with Gasteiger partial charge in [-0.3, -0.25) is 19.1 Å². The highest BCUT2D eigenvalue weighted by Crippen LogP contribution is 2.25. The van der Waals surface area contributed by atoms with Crippen molar-refractivity contribution in [2.75, 3.05) is 21.9 Å². The third-order valence-corrected chi connectivity index (χ3v) is 8.53. The van der Waals surface area contributed by atoms with Crippen molar-refractivity contribution in [3.8, 4) is 5.69 Å². The number of nitrogens with one attached hydrogen (secondary N) is 6. The number of benzene rings is 3. The molecule has 2 heterocycles. The number of nitrogens with zero attached hydrogens (tertiary/aromatic N) is 4. The van der Waals surface area contributed by atoms with Gasteiger partial charge in [0.2, 0.25) is 5.91 Å². The number of esters is 1. The fraction of sp³-hybridized carbons (Fsp3) is 0.242. The van der Waals surface area contributed by atoms with Crippen LogP contribution in [-0.4, -0.2) is 75.5 Å². The van der Waals surface area contributed by atoms with Crippen LogP contribution in [0.15, 0.2) is 73.1 Å². The maximum absolute atomic E-state index is 13.7. The van der Waals surface area contributed by atoms with E-state index in [-0.39, 0.29) is 35.1 Å². The number of halogens is 1. The van der Waals surface area contributed by atoms with E-state index in [2.05, 4.69) is 45.9 Å². The van der Waals surface area contributed by atoms with E-state index in [4.69, 9.17) is 16.3 Å². The summed E-state index contributed by atoms with van der Waals surface area (Å²) in [6, 6.07) is 15.8. The van der Waals surface area contributed by atoms with E-state index >= 15 is 0 Å². The third kappa shape index (κ3) is 9.89. The van der Waals surface area contributed by atoms with E-state index in [1.54, 1.807) is 76.2 Å². The molecule has 5 rings (SSSR count). The van der Waals surface area contributed by atoms with Gasteiger partial charge in [-0.1, -0.05) is 30.7 Å². The maximum Gasteiger partial charge on any atom is 0.355 e. The summed E-state index contributed by atoms with van der Waals surface area (Å²) in [7, 11) is -3.78. The molecule has 0 aliphatic heterocycles. The van der Waals surface area contributed by atoms with E-state index < -0.39 is 45.5 Å². The standard InChI is InChI=1S/C33H35ClN10O7S/c1-5-36-52(49,50)41-22-9-6-19(7-10-22)14-26(40-31(47)30(46)39-25-17-21(34)8-13-28(25)44-18-35-42-43-44)29(45)37-23-11-12-24-20(15-23)16-27(38-24)32(48)51-33(2,3)4/h6-13,15-18,26,36,38,41H,5,14H2,1-4H3,(H,37,45)(H,39,46)(H,40,47)/t26-/m0/s1. The molecule has 0 radical (unpaired) electrons. The number of ether oxygens (including phenoxy) is 1. The summed E-state index contributed by atoms with van der Waals surface area (Å²) in [6.07, 6.45) is 1.20. The summed E-state index contributed by atoms with van der Waals surface area (Å²) in [4.78, 5) is 55.8. The van der Waals surface area contributed by atoms with Crippen LogP contribution >= 0.6 is 11.6 Å². The molecule has 3 amide bonds. The minimum Gasteiger partial charge on any atom is -0.455 e. The number of anilines is 3. The van der Waals surface area contributed by atoms with Gasteiger partial charge in [0.05, 0.1) is 11.4 Å². The molecule has 0 spiro atoms. The highest BCUT2D eigenvalue weighted by Gasteiger charge is 2.26. The number of hydrogen-bond acceptors (Lipinski definition) is 10. The number of hydrogen-bond donors (Lipinski definition) is 6. The van der Waals surface area contributed by atoms with E-state index in [0.29, 0.717) is 27.8 Å². The van der Waals surface area contributed by atoms with Gasteiger partial charge in [0.25, 0.3) is 10.2 Å². The smallest absolute Gasteiger partial charge is 0.355 e. The van der Waals surface area contributed by atoms with Crippen LogP contribution in [0.25, 0.3) is 16.6 Å². The zero-order valence-electron chi connectivity index (χ0n) is 28.4. The first-order valence-electron chi connectivity index (χ1n) is 15.8. The van der Waals surface area contributed by atoms with E-state index in [1.807, 2.05) is 0 Å². The van der Waals surface area contributed by atoms with Crippen LogP contribution < -0.4 is 25.4 Å². The fourth-order valence-electron chi connectivity index (χ4n) is 4.90. The van der Waals surface area contributed by atoms with Gasteiger partial charge in [-0.25, -0.2) is 4.79 Å². The highest BCUT2D eigenvalue weighted by molar-refractivity contribution is 7.90. The second-order valence-corrected chi connectivity index (χ2v) is 14.3. The van der Waals surface area contributed by atoms with Gasteiger partial charge in [-0.05, 0) is 91.4 Å². The van der Waals surface area contributed by atoms with Gasteiger partial charge >= 0.3 is 17.8 Å². The van der Waals surface area contributed by atoms with Gasteiger partial charge in [0.15, 0.2) is 0 Å². The molecule has 0 unspecified atom stereocenters. The van der Waals surface area contributed by atoms with Crippen LogP contribution in [0.2, 0.25) is 5.02 Å². The third-order valence-electron chi connectivity index (χ3n) is 7.12. The van der Waals surface area contributed by atoms with Gasteiger partial charge in [-0.15, -0.1) is 5.10 Å². The molecule has 17 nitrogen and oxygen atoms in total. The normalized spacial score (nSPS) is 12.2. The Morgan fingerprint density at radius 3 is 2.35 bits per heavy atom. The molecule has 0 aliphatic rings. The van der Waals surface area contributed by atoms with Crippen molar-refractivity contribution in [1.82, 2.24) is 35.2 Å². The molecule has 2 aromatic heterocycles. The molecule has 19 heteroatoms. The molecule has 3 aromatic carbocycles. The minimum atomic E-state index is -3.78. The van der Waals surface area contributed by atoms with Crippen molar-refractivity contribution in [1.29, 1.82) is 0 Å². The van der Waals surface area contributed by atoms with E-state index in [1.165, 1.54) is 29.2 Å². The summed E-state index contributed by atoms with van der Waals surface area (Å²) < 4.78 is 35.6. The second kappa shape index (κ2) is 15.6. The van der Waals surface area contributed by atoms with Gasteiger partial charge in [0, 0.05) is 40.3 Å². The summed E-state index contributed by atoms with van der Waals surface area (Å²) in [5.41, 5.74) is 1.73. The van der Waals surface area contributed by atoms with Crippen LogP contribution in [0, 0.1) is 0 Å². The Morgan fingerprint density at radius 1 is 0.942 bits per heavy atom. The molecule has 52 heavy (non-hydrogen) atoms. The van der Waals surface area contributed by atoms with Gasteiger partial charge in [0.1, 0.15) is 23.7 Å². The number of aromatic nitrogens is 5. The number of rotatable bonds is 12. The summed E-state index contributed by atoms with van der Waals surface area (Å²) >= 11 is 6.14. The number of tetrazole rings is 1. The predicted molar refractivity (Wildman–Crippen MR) is 193 cm³/mol. The molecule has 1 atom stereocenters. The lowest BCUT2D eigenvalue weighted by atomic mass is 10.0. The van der Waals surface area contributed by atoms with Crippen LogP contribution in [0.4, 0.5) is 17.1 Å². The monoisotopic (exact) mass is 750 g/mol. The van der Waals surface area contributed by atoms with Crippen LogP contribution in [0.1, 0.15) is 43.7 Å². The zero-order valence-corrected chi connectivity index (χ0v) is 29.9. The number of aromatic amines is 1. The van der Waals surface area contributed by atoms with Crippen LogP contribution in [0.5, 0.6) is 0 Å². The Morgan fingerprint density at radius 2 is 1.67 bits per heavy atom. The largest absolute Gasteiger partial charge is 0.455 e. The Balaban J connectivity index is 1.36. The molecule has 272 valence electrons. The van der Waals surface area contributed by atoms with Crippen molar-refractivity contribution in [3.05, 3.63) is 89.3 Å². The maximum atomic E-state index is 13.7. The Hall–Kier alpha value is -5.85. The second-order valence-electron chi connectivity index (χ2n) is 12.4. The molecule has 6 N–H and O–H groups in total. The molecule has 0 fully saturated rings. The Labute approximate surface area is 303 Å². The lowest BCUT2D eigenvalue weighted by Crippen LogP contribution is -2.49. The van der Waals surface area contributed by atoms with Crippen molar-refractivity contribution in [2.24, 2.45) is 0 Å². The first-order valence-corrected chi connectivity index (χ1v) is 17.6. The number of H-pyrrole nitrogens is 1. The molecule has 0 bridgehead atoms. The number of fused-ring (bicyclic) bond motifs is 1. The predicted octanol–water partition coefficient (Wildman–Crippen LogP) is 3.32. The number of carbonyl (C=O) groups is 4. The summed E-state index contributed by atoms with van der Waals surface area (Å²) in [5, 5.41) is 19.6. The van der Waals surface area contributed by atoms with E-state index in [9.17, 15) is 27.6 Å². The van der Waals surface area contributed by atoms with Crippen LogP contribution in [-0.2, 0) is 35.8 Å². The Bertz CT molecular complexity index is 2220. The van der Waals surface area contributed by atoms with Gasteiger partial charge in [-0.2, -0.15) is 17.8 Å². The average molecular weight is 751 g/mol. The summed E-state index contributed by atoms with van der Waals surface area (Å²) in [5.74, 6) is -3.46. The summed E-state index contributed by atoms with van der Waals surface area (Å²) in [6.45, 7) is 7.10. The SMILES string of the molecule is CCNS(=O)(=O)Nc1ccc(C[C@H](NC(=O)C(=O)Nc2cc(Cl)ccc2-n2cnnn2)C(=O)Nc2ccc3[nH]c(C(=O)OC(C)(C)C)cc3c2)cc1. The van der Waals surface area contributed by atoms with Crippen molar-refractivity contribution < 1.29 is 32.3 Å². The lowest BCUT2D eigenvalue weighted by molar-refractivity contribution is -0.137. The molecule has 0 saturated heterocycles. The topological polar surface area (TPSA) is 231 Å². The molecular weight excluding hydrogens is 716 g/mol. The van der Waals surface area contributed by atoms with Crippen LogP contribution in [0.3, 0.4) is 0 Å². The average Bonchev–Trinajstić information content (AvgIpc) is 3.75. The number of carbonyl (C=O) groups excluding carboxylic acids is 4.